The smallest absolute Gasteiger partial charge is 0.328 e. The zero-order valence-electron chi connectivity index (χ0n) is 11.1. The van der Waals surface area contributed by atoms with Gasteiger partial charge in [-0.2, -0.15) is 5.26 Å². The lowest BCUT2D eigenvalue weighted by Crippen LogP contribution is -2.13. The first-order valence-corrected chi connectivity index (χ1v) is 6.24. The molecule has 0 amide bonds. The maximum Gasteiger partial charge on any atom is 0.328 e. The molecule has 1 aromatic rings. The molecule has 1 rings (SSSR count). The Labute approximate surface area is 122 Å². The van der Waals surface area contributed by atoms with E-state index in [1.807, 2.05) is 13.0 Å². The number of aliphatic carboxylic acids is 1. The van der Waals surface area contributed by atoms with E-state index in [1.165, 1.54) is 13.2 Å². The standard InChI is InChI=1S/C14H14ClNO4/c1-3-11(8-16)20-14-9(4-5-13(17)18)6-10(15)7-12(14)19-2/h4-7,11H,3H2,1-2H3,(H,17,18)/b5-4+. The molecule has 5 nitrogen and oxygen atoms in total. The SMILES string of the molecule is CCC(C#N)Oc1c(/C=C/C(=O)O)cc(Cl)cc1OC. The summed E-state index contributed by atoms with van der Waals surface area (Å²) in [5.41, 5.74) is 0.436. The van der Waals surface area contributed by atoms with E-state index in [9.17, 15) is 4.79 Å². The van der Waals surface area contributed by atoms with Gasteiger partial charge in [0, 0.05) is 22.7 Å². The number of hydrogen-bond donors (Lipinski definition) is 1. The van der Waals surface area contributed by atoms with E-state index in [2.05, 4.69) is 0 Å². The van der Waals surface area contributed by atoms with Crippen molar-refractivity contribution in [2.45, 2.75) is 19.4 Å². The average Bonchev–Trinajstić information content (AvgIpc) is 2.43. The maximum absolute atomic E-state index is 10.6. The third-order valence-electron chi connectivity index (χ3n) is 2.45. The quantitative estimate of drug-likeness (QED) is 0.816. The summed E-state index contributed by atoms with van der Waals surface area (Å²) in [6.45, 7) is 1.81. The number of benzene rings is 1. The molecule has 0 aromatic heterocycles. The van der Waals surface area contributed by atoms with E-state index in [0.29, 0.717) is 28.5 Å². The van der Waals surface area contributed by atoms with Crippen LogP contribution in [0.5, 0.6) is 11.5 Å². The van der Waals surface area contributed by atoms with Crippen LogP contribution < -0.4 is 9.47 Å². The molecule has 1 unspecified atom stereocenters. The first kappa shape index (κ1) is 15.9. The minimum Gasteiger partial charge on any atom is -0.493 e. The van der Waals surface area contributed by atoms with E-state index in [1.54, 1.807) is 12.1 Å². The Morgan fingerprint density at radius 1 is 1.60 bits per heavy atom. The number of methoxy groups -OCH3 is 1. The molecule has 0 spiro atoms. The lowest BCUT2D eigenvalue weighted by Gasteiger charge is -2.16. The summed E-state index contributed by atoms with van der Waals surface area (Å²) < 4.78 is 10.7. The number of hydrogen-bond acceptors (Lipinski definition) is 4. The van der Waals surface area contributed by atoms with Gasteiger partial charge in [-0.1, -0.05) is 18.5 Å². The van der Waals surface area contributed by atoms with Crippen molar-refractivity contribution in [3.63, 3.8) is 0 Å². The van der Waals surface area contributed by atoms with Crippen LogP contribution in [0.4, 0.5) is 0 Å². The summed E-state index contributed by atoms with van der Waals surface area (Å²) in [6.07, 6.45) is 2.15. The predicted molar refractivity (Wildman–Crippen MR) is 75.0 cm³/mol. The molecular formula is C14H14ClNO4. The van der Waals surface area contributed by atoms with Gasteiger partial charge < -0.3 is 14.6 Å². The van der Waals surface area contributed by atoms with Crippen LogP contribution in [0, 0.1) is 11.3 Å². The average molecular weight is 296 g/mol. The van der Waals surface area contributed by atoms with Gasteiger partial charge in [-0.05, 0) is 18.6 Å². The number of nitriles is 1. The summed E-state index contributed by atoms with van der Waals surface area (Å²) in [7, 11) is 1.44. The van der Waals surface area contributed by atoms with Crippen LogP contribution in [0.3, 0.4) is 0 Å². The summed E-state index contributed by atoms with van der Waals surface area (Å²) in [4.78, 5) is 10.6. The second-order valence-corrected chi connectivity index (χ2v) is 4.28. The fourth-order valence-corrected chi connectivity index (χ4v) is 1.71. The third kappa shape index (κ3) is 4.18. The first-order chi connectivity index (χ1) is 9.51. The predicted octanol–water partition coefficient (Wildman–Crippen LogP) is 3.13. The molecular weight excluding hydrogens is 282 g/mol. The first-order valence-electron chi connectivity index (χ1n) is 5.86. The lowest BCUT2D eigenvalue weighted by atomic mass is 10.1. The van der Waals surface area contributed by atoms with Gasteiger partial charge >= 0.3 is 5.97 Å². The van der Waals surface area contributed by atoms with Crippen molar-refractivity contribution in [3.05, 3.63) is 28.8 Å². The molecule has 0 aliphatic heterocycles. The van der Waals surface area contributed by atoms with Crippen molar-refractivity contribution in [2.24, 2.45) is 0 Å². The molecule has 0 fully saturated rings. The topological polar surface area (TPSA) is 79.5 Å². The number of carboxylic acid groups (broad SMARTS) is 1. The summed E-state index contributed by atoms with van der Waals surface area (Å²) >= 11 is 5.94. The fraction of sp³-hybridized carbons (Fsp3) is 0.286. The number of carboxylic acids is 1. The van der Waals surface area contributed by atoms with Crippen molar-refractivity contribution in [1.82, 2.24) is 0 Å². The Hall–Kier alpha value is -2.19. The maximum atomic E-state index is 10.6. The number of ether oxygens (including phenoxy) is 2. The molecule has 20 heavy (non-hydrogen) atoms. The highest BCUT2D eigenvalue weighted by Gasteiger charge is 2.15. The highest BCUT2D eigenvalue weighted by atomic mass is 35.5. The van der Waals surface area contributed by atoms with E-state index in [4.69, 9.17) is 31.4 Å². The Balaban J connectivity index is 3.29. The van der Waals surface area contributed by atoms with E-state index in [0.717, 1.165) is 6.08 Å². The van der Waals surface area contributed by atoms with Gasteiger partial charge in [0.15, 0.2) is 17.6 Å². The van der Waals surface area contributed by atoms with Gasteiger partial charge in [0.25, 0.3) is 0 Å². The van der Waals surface area contributed by atoms with Crippen LogP contribution in [0.1, 0.15) is 18.9 Å². The van der Waals surface area contributed by atoms with E-state index < -0.39 is 12.1 Å². The van der Waals surface area contributed by atoms with Gasteiger partial charge in [-0.3, -0.25) is 0 Å². The fourth-order valence-electron chi connectivity index (χ4n) is 1.49. The Bertz CT molecular complexity index is 563. The monoisotopic (exact) mass is 295 g/mol. The van der Waals surface area contributed by atoms with Crippen molar-refractivity contribution >= 4 is 23.6 Å². The normalized spacial score (nSPS) is 11.9. The molecule has 1 N–H and O–H groups in total. The number of halogens is 1. The van der Waals surface area contributed by atoms with Crippen LogP contribution in [0.25, 0.3) is 6.08 Å². The minimum atomic E-state index is -1.10. The molecule has 0 bridgehead atoms. The number of nitrogens with zero attached hydrogens (tertiary/aromatic N) is 1. The molecule has 6 heteroatoms. The van der Waals surface area contributed by atoms with Gasteiger partial charge in [0.1, 0.15) is 6.07 Å². The molecule has 0 heterocycles. The van der Waals surface area contributed by atoms with E-state index >= 15 is 0 Å². The molecule has 1 aromatic carbocycles. The van der Waals surface area contributed by atoms with Crippen molar-refractivity contribution < 1.29 is 19.4 Å². The molecule has 0 radical (unpaired) electrons. The Kier molecular flexibility index (Phi) is 5.88. The zero-order chi connectivity index (χ0) is 15.1. The number of rotatable bonds is 6. The summed E-state index contributed by atoms with van der Waals surface area (Å²) in [6, 6.07) is 5.09. The van der Waals surface area contributed by atoms with Gasteiger partial charge in [0.2, 0.25) is 0 Å². The van der Waals surface area contributed by atoms with Crippen LogP contribution >= 0.6 is 11.6 Å². The van der Waals surface area contributed by atoms with Gasteiger partial charge in [-0.25, -0.2) is 4.79 Å². The molecule has 106 valence electrons. The van der Waals surface area contributed by atoms with Crippen LogP contribution in [-0.4, -0.2) is 24.3 Å². The van der Waals surface area contributed by atoms with Crippen LogP contribution in [0.15, 0.2) is 18.2 Å². The largest absolute Gasteiger partial charge is 0.493 e. The third-order valence-corrected chi connectivity index (χ3v) is 2.67. The number of carbonyl (C=O) groups is 1. The molecule has 0 saturated carbocycles. The highest BCUT2D eigenvalue weighted by Crippen LogP contribution is 2.36. The van der Waals surface area contributed by atoms with Gasteiger partial charge in [0.05, 0.1) is 7.11 Å². The summed E-state index contributed by atoms with van der Waals surface area (Å²) in [5.74, 6) is -0.457. The minimum absolute atomic E-state index is 0.294. The summed E-state index contributed by atoms with van der Waals surface area (Å²) in [5, 5.41) is 18.0. The Morgan fingerprint density at radius 2 is 2.30 bits per heavy atom. The lowest BCUT2D eigenvalue weighted by molar-refractivity contribution is -0.131. The van der Waals surface area contributed by atoms with Crippen molar-refractivity contribution in [2.75, 3.05) is 7.11 Å². The van der Waals surface area contributed by atoms with Crippen LogP contribution in [-0.2, 0) is 4.79 Å². The van der Waals surface area contributed by atoms with Crippen molar-refractivity contribution in [3.8, 4) is 17.6 Å². The van der Waals surface area contributed by atoms with Crippen LogP contribution in [0.2, 0.25) is 5.02 Å². The van der Waals surface area contributed by atoms with E-state index in [-0.39, 0.29) is 0 Å². The Morgan fingerprint density at radius 3 is 2.80 bits per heavy atom. The second-order valence-electron chi connectivity index (χ2n) is 3.84. The highest BCUT2D eigenvalue weighted by molar-refractivity contribution is 6.31. The molecule has 0 saturated heterocycles. The van der Waals surface area contributed by atoms with Crippen molar-refractivity contribution in [1.29, 1.82) is 5.26 Å². The van der Waals surface area contributed by atoms with Gasteiger partial charge in [-0.15, -0.1) is 0 Å². The molecule has 1 atom stereocenters. The molecule has 0 aliphatic rings. The second kappa shape index (κ2) is 7.41. The molecule has 0 aliphatic carbocycles. The zero-order valence-corrected chi connectivity index (χ0v) is 11.8.